The quantitative estimate of drug-likeness (QED) is 0.722. The minimum atomic E-state index is 0.739. The second-order valence-corrected chi connectivity index (χ2v) is 6.60. The Morgan fingerprint density at radius 1 is 1.04 bits per heavy atom. The molecule has 0 bridgehead atoms. The molecule has 7 heteroatoms. The third kappa shape index (κ3) is 4.15. The van der Waals surface area contributed by atoms with Gasteiger partial charge in [0.15, 0.2) is 0 Å². The van der Waals surface area contributed by atoms with E-state index in [0.717, 1.165) is 56.5 Å². The first kappa shape index (κ1) is 17.6. The fraction of sp³-hybridized carbons (Fsp3) is 0.350. The van der Waals surface area contributed by atoms with Crippen molar-refractivity contribution in [3.8, 4) is 11.3 Å². The molecule has 4 rings (SSSR count). The molecule has 0 amide bonds. The summed E-state index contributed by atoms with van der Waals surface area (Å²) in [4.78, 5) is 11.0. The summed E-state index contributed by atoms with van der Waals surface area (Å²) in [5.74, 6) is 1.05. The van der Waals surface area contributed by atoms with Gasteiger partial charge in [-0.25, -0.2) is 4.98 Å². The zero-order chi connectivity index (χ0) is 18.5. The van der Waals surface area contributed by atoms with Crippen molar-refractivity contribution in [2.75, 3.05) is 31.2 Å². The fourth-order valence-corrected chi connectivity index (χ4v) is 3.38. The number of ether oxygens (including phenoxy) is 1. The first-order valence-corrected chi connectivity index (χ1v) is 9.21. The number of hydrogen-bond acceptors (Lipinski definition) is 6. The van der Waals surface area contributed by atoms with Crippen LogP contribution < -0.4 is 10.2 Å². The molecule has 1 N–H and O–H groups in total. The number of nitrogens with one attached hydrogen (secondary N) is 1. The number of pyridine rings is 2. The lowest BCUT2D eigenvalue weighted by Crippen LogP contribution is -2.37. The van der Waals surface area contributed by atoms with Gasteiger partial charge >= 0.3 is 0 Å². The lowest BCUT2D eigenvalue weighted by molar-refractivity contribution is 0.122. The number of morpholine rings is 1. The van der Waals surface area contributed by atoms with E-state index < -0.39 is 0 Å². The van der Waals surface area contributed by atoms with Gasteiger partial charge in [-0.05, 0) is 18.2 Å². The topological polar surface area (TPSA) is 68.1 Å². The third-order valence-corrected chi connectivity index (χ3v) is 4.67. The maximum absolute atomic E-state index is 5.46. The molecule has 7 nitrogen and oxygen atoms in total. The zero-order valence-electron chi connectivity index (χ0n) is 15.5. The first-order valence-electron chi connectivity index (χ1n) is 9.21. The van der Waals surface area contributed by atoms with Crippen molar-refractivity contribution in [3.63, 3.8) is 0 Å². The summed E-state index contributed by atoms with van der Waals surface area (Å²) in [6, 6.07) is 8.11. The van der Waals surface area contributed by atoms with Crippen molar-refractivity contribution in [1.29, 1.82) is 0 Å². The van der Waals surface area contributed by atoms with Gasteiger partial charge < -0.3 is 15.0 Å². The summed E-state index contributed by atoms with van der Waals surface area (Å²) in [5.41, 5.74) is 4.44. The van der Waals surface area contributed by atoms with Crippen molar-refractivity contribution >= 4 is 5.82 Å². The Morgan fingerprint density at radius 3 is 2.63 bits per heavy atom. The summed E-state index contributed by atoms with van der Waals surface area (Å²) in [6.45, 7) is 4.79. The molecule has 0 aromatic carbocycles. The molecule has 4 heterocycles. The summed E-state index contributed by atoms with van der Waals surface area (Å²) in [7, 11) is 1.95. The second kappa shape index (κ2) is 8.28. The van der Waals surface area contributed by atoms with Crippen molar-refractivity contribution in [2.45, 2.75) is 13.1 Å². The van der Waals surface area contributed by atoms with Crippen molar-refractivity contribution in [3.05, 3.63) is 60.2 Å². The molecule has 0 saturated carbocycles. The van der Waals surface area contributed by atoms with E-state index in [-0.39, 0.29) is 0 Å². The Hall–Kier alpha value is -2.77. The summed E-state index contributed by atoms with van der Waals surface area (Å²) in [6.07, 6.45) is 7.52. The van der Waals surface area contributed by atoms with Gasteiger partial charge in [0.25, 0.3) is 0 Å². The number of aromatic nitrogens is 4. The van der Waals surface area contributed by atoms with Crippen molar-refractivity contribution in [1.82, 2.24) is 25.1 Å². The summed E-state index contributed by atoms with van der Waals surface area (Å²) < 4.78 is 7.32. The molecule has 0 unspecified atom stereocenters. The predicted octanol–water partition coefficient (Wildman–Crippen LogP) is 2.00. The number of anilines is 1. The van der Waals surface area contributed by atoms with Crippen LogP contribution in [0.15, 0.2) is 49.1 Å². The van der Waals surface area contributed by atoms with Gasteiger partial charge in [0, 0.05) is 74.7 Å². The van der Waals surface area contributed by atoms with Gasteiger partial charge in [-0.2, -0.15) is 5.10 Å². The second-order valence-electron chi connectivity index (χ2n) is 6.60. The molecule has 1 aliphatic rings. The van der Waals surface area contributed by atoms with Crippen LogP contribution in [-0.4, -0.2) is 46.1 Å². The summed E-state index contributed by atoms with van der Waals surface area (Å²) >= 11 is 0. The minimum absolute atomic E-state index is 0.739. The van der Waals surface area contributed by atoms with Crippen LogP contribution in [0.25, 0.3) is 11.3 Å². The predicted molar refractivity (Wildman–Crippen MR) is 104 cm³/mol. The van der Waals surface area contributed by atoms with E-state index in [2.05, 4.69) is 37.5 Å². The Bertz CT molecular complexity index is 873. The van der Waals surface area contributed by atoms with Crippen LogP contribution in [0.2, 0.25) is 0 Å². The van der Waals surface area contributed by atoms with E-state index in [1.54, 1.807) is 12.4 Å². The Labute approximate surface area is 159 Å². The van der Waals surface area contributed by atoms with Crippen LogP contribution in [0.3, 0.4) is 0 Å². The van der Waals surface area contributed by atoms with Crippen LogP contribution in [0, 0.1) is 0 Å². The fourth-order valence-electron chi connectivity index (χ4n) is 3.38. The minimum Gasteiger partial charge on any atom is -0.378 e. The monoisotopic (exact) mass is 364 g/mol. The van der Waals surface area contributed by atoms with Crippen LogP contribution >= 0.6 is 0 Å². The van der Waals surface area contributed by atoms with Gasteiger partial charge in [-0.1, -0.05) is 6.07 Å². The Balaban J connectivity index is 1.45. The number of nitrogens with zero attached hydrogens (tertiary/aromatic N) is 5. The smallest absolute Gasteiger partial charge is 0.133 e. The molecule has 0 spiro atoms. The maximum atomic E-state index is 5.46. The van der Waals surface area contributed by atoms with E-state index >= 15 is 0 Å². The molecule has 1 fully saturated rings. The van der Waals surface area contributed by atoms with Gasteiger partial charge in [0.2, 0.25) is 0 Å². The highest BCUT2D eigenvalue weighted by molar-refractivity contribution is 5.61. The van der Waals surface area contributed by atoms with Gasteiger partial charge in [0.1, 0.15) is 5.82 Å². The average molecular weight is 364 g/mol. The summed E-state index contributed by atoms with van der Waals surface area (Å²) in [5, 5.41) is 8.17. The van der Waals surface area contributed by atoms with Gasteiger partial charge in [-0.15, -0.1) is 0 Å². The molecule has 3 aromatic rings. The molecule has 140 valence electrons. The van der Waals surface area contributed by atoms with Crippen LogP contribution in [0.4, 0.5) is 5.82 Å². The largest absolute Gasteiger partial charge is 0.378 e. The molecule has 0 radical (unpaired) electrons. The van der Waals surface area contributed by atoms with Crippen LogP contribution in [0.1, 0.15) is 11.1 Å². The first-order chi connectivity index (χ1) is 13.3. The maximum Gasteiger partial charge on any atom is 0.133 e. The lowest BCUT2D eigenvalue weighted by atomic mass is 10.1. The van der Waals surface area contributed by atoms with Crippen LogP contribution in [-0.2, 0) is 24.9 Å². The highest BCUT2D eigenvalue weighted by Crippen LogP contribution is 2.22. The SMILES string of the molecule is Cn1cc(CNCc2cccnc2N2CCOCC2)c(-c2ccncc2)n1. The van der Waals surface area contributed by atoms with Gasteiger partial charge in [-0.3, -0.25) is 9.67 Å². The van der Waals surface area contributed by atoms with E-state index in [1.165, 1.54) is 11.1 Å². The molecule has 3 aromatic heterocycles. The number of hydrogen-bond donors (Lipinski definition) is 1. The highest BCUT2D eigenvalue weighted by atomic mass is 16.5. The van der Waals surface area contributed by atoms with E-state index in [4.69, 9.17) is 4.74 Å². The molecule has 27 heavy (non-hydrogen) atoms. The highest BCUT2D eigenvalue weighted by Gasteiger charge is 2.16. The van der Waals surface area contributed by atoms with Gasteiger partial charge in [0.05, 0.1) is 18.9 Å². The Kier molecular flexibility index (Phi) is 5.41. The molecule has 0 atom stereocenters. The number of aryl methyl sites for hydroxylation is 1. The third-order valence-electron chi connectivity index (χ3n) is 4.67. The van der Waals surface area contributed by atoms with Crippen molar-refractivity contribution < 1.29 is 4.74 Å². The van der Waals surface area contributed by atoms with E-state index in [1.807, 2.05) is 36.1 Å². The lowest BCUT2D eigenvalue weighted by Gasteiger charge is -2.29. The molecule has 1 saturated heterocycles. The van der Waals surface area contributed by atoms with Crippen LogP contribution in [0.5, 0.6) is 0 Å². The normalized spacial score (nSPS) is 14.5. The van der Waals surface area contributed by atoms with Crippen molar-refractivity contribution in [2.24, 2.45) is 7.05 Å². The van der Waals surface area contributed by atoms with E-state index in [0.29, 0.717) is 0 Å². The molecular weight excluding hydrogens is 340 g/mol. The number of rotatable bonds is 6. The standard InChI is InChI=1S/C20H24N6O/c1-25-15-18(19(24-25)16-4-7-21-8-5-16)14-22-13-17-3-2-6-23-20(17)26-9-11-27-12-10-26/h2-8,15,22H,9-14H2,1H3. The molecular formula is C20H24N6O. The zero-order valence-corrected chi connectivity index (χ0v) is 15.5. The molecule has 1 aliphatic heterocycles. The van der Waals surface area contributed by atoms with E-state index in [9.17, 15) is 0 Å². The molecule has 0 aliphatic carbocycles. The average Bonchev–Trinajstić information content (AvgIpc) is 3.10. The Morgan fingerprint density at radius 2 is 1.81 bits per heavy atom.